The van der Waals surface area contributed by atoms with E-state index < -0.39 is 0 Å². The summed E-state index contributed by atoms with van der Waals surface area (Å²) in [6.45, 7) is 10.3. The minimum atomic E-state index is 0.523. The van der Waals surface area contributed by atoms with E-state index in [4.69, 9.17) is 9.47 Å². The van der Waals surface area contributed by atoms with E-state index in [1.54, 1.807) is 0 Å². The van der Waals surface area contributed by atoms with E-state index in [2.05, 4.69) is 41.2 Å². The molecule has 0 amide bonds. The van der Waals surface area contributed by atoms with Gasteiger partial charge in [-0.2, -0.15) is 0 Å². The standard InChI is InChI=1S/C20H29N3O2/c1-3-4-7-21-15-25-20-16(2)13-17(14-23-9-11-24-12-10-23)18-6-5-8-22-19(18)20/h5-6,8,13,21H,3-4,7,9-12,14-15H2,1-2H3. The smallest absolute Gasteiger partial charge is 0.150 e. The molecule has 5 heteroatoms. The van der Waals surface area contributed by atoms with Crippen LogP contribution < -0.4 is 10.1 Å². The fourth-order valence-corrected chi connectivity index (χ4v) is 3.25. The number of pyridine rings is 1. The molecule has 1 aliphatic rings. The molecule has 25 heavy (non-hydrogen) atoms. The molecule has 1 N–H and O–H groups in total. The molecule has 0 atom stereocenters. The molecule has 1 aromatic heterocycles. The van der Waals surface area contributed by atoms with Gasteiger partial charge in [0, 0.05) is 31.2 Å². The number of aryl methyl sites for hydroxylation is 1. The Morgan fingerprint density at radius 1 is 1.32 bits per heavy atom. The van der Waals surface area contributed by atoms with Crippen LogP contribution in [-0.2, 0) is 11.3 Å². The lowest BCUT2D eigenvalue weighted by Crippen LogP contribution is -2.35. The lowest BCUT2D eigenvalue weighted by molar-refractivity contribution is 0.0343. The zero-order chi connectivity index (χ0) is 17.5. The zero-order valence-corrected chi connectivity index (χ0v) is 15.4. The number of hydrogen-bond donors (Lipinski definition) is 1. The van der Waals surface area contributed by atoms with Crippen LogP contribution in [-0.4, -0.2) is 49.5 Å². The van der Waals surface area contributed by atoms with Crippen molar-refractivity contribution in [2.24, 2.45) is 0 Å². The van der Waals surface area contributed by atoms with Crippen molar-refractivity contribution in [3.8, 4) is 5.75 Å². The van der Waals surface area contributed by atoms with Crippen molar-refractivity contribution in [2.45, 2.75) is 33.2 Å². The summed E-state index contributed by atoms with van der Waals surface area (Å²) in [7, 11) is 0. The van der Waals surface area contributed by atoms with Crippen molar-refractivity contribution in [3.63, 3.8) is 0 Å². The zero-order valence-electron chi connectivity index (χ0n) is 15.4. The van der Waals surface area contributed by atoms with Crippen molar-refractivity contribution in [2.75, 3.05) is 39.6 Å². The van der Waals surface area contributed by atoms with Gasteiger partial charge in [0.15, 0.2) is 0 Å². The second-order valence-electron chi connectivity index (χ2n) is 6.61. The van der Waals surface area contributed by atoms with E-state index in [1.165, 1.54) is 23.8 Å². The average Bonchev–Trinajstić information content (AvgIpc) is 2.64. The van der Waals surface area contributed by atoms with Gasteiger partial charge in [0.05, 0.1) is 13.2 Å². The number of morpholine rings is 1. The van der Waals surface area contributed by atoms with Crippen molar-refractivity contribution in [1.29, 1.82) is 0 Å². The molecule has 0 bridgehead atoms. The first-order valence-electron chi connectivity index (χ1n) is 9.30. The van der Waals surface area contributed by atoms with Gasteiger partial charge in [-0.15, -0.1) is 0 Å². The normalized spacial score (nSPS) is 15.6. The average molecular weight is 343 g/mol. The van der Waals surface area contributed by atoms with Crippen molar-refractivity contribution < 1.29 is 9.47 Å². The SMILES string of the molecule is CCCCNCOc1c(C)cc(CN2CCOCC2)c2cccnc12. The number of hydrogen-bond acceptors (Lipinski definition) is 5. The first-order chi connectivity index (χ1) is 12.3. The quantitative estimate of drug-likeness (QED) is 0.589. The molecule has 0 unspecified atom stereocenters. The van der Waals surface area contributed by atoms with Gasteiger partial charge in [-0.3, -0.25) is 15.2 Å². The Kier molecular flexibility index (Phi) is 6.62. The lowest BCUT2D eigenvalue weighted by Gasteiger charge is -2.27. The van der Waals surface area contributed by atoms with E-state index in [1.807, 2.05) is 12.3 Å². The number of ether oxygens (including phenoxy) is 2. The summed E-state index contributed by atoms with van der Waals surface area (Å²) in [6.07, 6.45) is 4.20. The highest BCUT2D eigenvalue weighted by Gasteiger charge is 2.16. The van der Waals surface area contributed by atoms with Crippen LogP contribution in [0.25, 0.3) is 10.9 Å². The number of nitrogens with one attached hydrogen (secondary N) is 1. The largest absolute Gasteiger partial charge is 0.476 e. The molecule has 0 aliphatic carbocycles. The van der Waals surface area contributed by atoms with Gasteiger partial charge in [0.2, 0.25) is 0 Å². The van der Waals surface area contributed by atoms with Crippen LogP contribution in [0.1, 0.15) is 30.9 Å². The monoisotopic (exact) mass is 343 g/mol. The van der Waals surface area contributed by atoms with Gasteiger partial charge in [-0.1, -0.05) is 25.5 Å². The number of rotatable bonds is 8. The predicted octanol–water partition coefficient (Wildman–Crippen LogP) is 3.10. The summed E-state index contributed by atoms with van der Waals surface area (Å²) in [4.78, 5) is 7.06. The summed E-state index contributed by atoms with van der Waals surface area (Å²) in [5, 5.41) is 4.52. The second-order valence-corrected chi connectivity index (χ2v) is 6.61. The highest BCUT2D eigenvalue weighted by atomic mass is 16.5. The first kappa shape index (κ1) is 18.1. The van der Waals surface area contributed by atoms with E-state index in [9.17, 15) is 0 Å². The van der Waals surface area contributed by atoms with Crippen molar-refractivity contribution in [3.05, 3.63) is 35.5 Å². The molecule has 0 spiro atoms. The lowest BCUT2D eigenvalue weighted by atomic mass is 10.0. The van der Waals surface area contributed by atoms with E-state index in [0.717, 1.165) is 56.2 Å². The number of aromatic nitrogens is 1. The highest BCUT2D eigenvalue weighted by Crippen LogP contribution is 2.31. The van der Waals surface area contributed by atoms with Crippen LogP contribution in [0.4, 0.5) is 0 Å². The van der Waals surface area contributed by atoms with E-state index in [-0.39, 0.29) is 0 Å². The molecule has 1 aliphatic heterocycles. The molecule has 2 aromatic rings. The van der Waals surface area contributed by atoms with Crippen LogP contribution in [0, 0.1) is 6.92 Å². The molecular weight excluding hydrogens is 314 g/mol. The molecule has 1 saturated heterocycles. The third-order valence-electron chi connectivity index (χ3n) is 4.64. The Morgan fingerprint density at radius 2 is 2.16 bits per heavy atom. The maximum Gasteiger partial charge on any atom is 0.150 e. The van der Waals surface area contributed by atoms with Crippen LogP contribution in [0.15, 0.2) is 24.4 Å². The maximum absolute atomic E-state index is 6.03. The summed E-state index contributed by atoms with van der Waals surface area (Å²) in [6, 6.07) is 6.40. The molecule has 5 nitrogen and oxygen atoms in total. The number of unbranched alkanes of at least 4 members (excludes halogenated alkanes) is 1. The molecule has 1 aromatic carbocycles. The number of nitrogens with zero attached hydrogens (tertiary/aromatic N) is 2. The topological polar surface area (TPSA) is 46.6 Å². The maximum atomic E-state index is 6.03. The molecule has 1 fully saturated rings. The Balaban J connectivity index is 1.79. The first-order valence-corrected chi connectivity index (χ1v) is 9.30. The molecule has 136 valence electrons. The van der Waals surface area contributed by atoms with Gasteiger partial charge in [-0.25, -0.2) is 0 Å². The minimum absolute atomic E-state index is 0.523. The van der Waals surface area contributed by atoms with Crippen molar-refractivity contribution in [1.82, 2.24) is 15.2 Å². The summed E-state index contributed by atoms with van der Waals surface area (Å²) in [5.74, 6) is 0.894. The fourth-order valence-electron chi connectivity index (χ4n) is 3.25. The summed E-state index contributed by atoms with van der Waals surface area (Å²) in [5.41, 5.74) is 3.42. The predicted molar refractivity (Wildman–Crippen MR) is 101 cm³/mol. The molecule has 0 radical (unpaired) electrons. The van der Waals surface area contributed by atoms with Crippen molar-refractivity contribution >= 4 is 10.9 Å². The van der Waals surface area contributed by atoms with Gasteiger partial charge in [0.25, 0.3) is 0 Å². The van der Waals surface area contributed by atoms with E-state index >= 15 is 0 Å². The number of fused-ring (bicyclic) bond motifs is 1. The van der Waals surface area contributed by atoms with Gasteiger partial charge < -0.3 is 9.47 Å². The van der Waals surface area contributed by atoms with Gasteiger partial charge in [-0.05, 0) is 37.1 Å². The van der Waals surface area contributed by atoms with Crippen LogP contribution >= 0.6 is 0 Å². The van der Waals surface area contributed by atoms with Crippen LogP contribution in [0.2, 0.25) is 0 Å². The Morgan fingerprint density at radius 3 is 2.96 bits per heavy atom. The fraction of sp³-hybridized carbons (Fsp3) is 0.550. The third-order valence-corrected chi connectivity index (χ3v) is 4.64. The molecule has 3 rings (SSSR count). The van der Waals surface area contributed by atoms with E-state index in [0.29, 0.717) is 6.73 Å². The molecular formula is C20H29N3O2. The van der Waals surface area contributed by atoms with Crippen LogP contribution in [0.3, 0.4) is 0 Å². The Labute approximate surface area is 150 Å². The van der Waals surface area contributed by atoms with Gasteiger partial charge >= 0.3 is 0 Å². The third kappa shape index (κ3) is 4.69. The Bertz CT molecular complexity index is 684. The molecule has 2 heterocycles. The number of benzene rings is 1. The van der Waals surface area contributed by atoms with Crippen LogP contribution in [0.5, 0.6) is 5.75 Å². The van der Waals surface area contributed by atoms with Gasteiger partial charge in [0.1, 0.15) is 18.0 Å². The molecule has 0 saturated carbocycles. The minimum Gasteiger partial charge on any atom is -0.476 e. The highest BCUT2D eigenvalue weighted by molar-refractivity contribution is 5.88. The second kappa shape index (κ2) is 9.13. The summed E-state index contributed by atoms with van der Waals surface area (Å²) >= 11 is 0. The summed E-state index contributed by atoms with van der Waals surface area (Å²) < 4.78 is 11.5. The Hall–Kier alpha value is -1.69.